The summed E-state index contributed by atoms with van der Waals surface area (Å²) in [6, 6.07) is 9.98. The van der Waals surface area contributed by atoms with E-state index in [1.165, 1.54) is 0 Å². The van der Waals surface area contributed by atoms with Crippen LogP contribution < -0.4 is 0 Å². The van der Waals surface area contributed by atoms with Gasteiger partial charge in [0.2, 0.25) is 0 Å². The van der Waals surface area contributed by atoms with Gasteiger partial charge in [0.15, 0.2) is 6.29 Å². The average molecular weight is 508 g/mol. The third-order valence-corrected chi connectivity index (χ3v) is 6.60. The highest BCUT2D eigenvalue weighted by atomic mass is 79.9. The molecule has 0 saturated carbocycles. The minimum Gasteiger partial charge on any atom is -0.348 e. The van der Waals surface area contributed by atoms with Crippen molar-refractivity contribution in [1.82, 2.24) is 0 Å². The first kappa shape index (κ1) is 15.4. The van der Waals surface area contributed by atoms with E-state index < -0.39 is 0 Å². The summed E-state index contributed by atoms with van der Waals surface area (Å²) in [6.07, 6.45) is -0.281. The molecule has 1 aromatic rings. The quantitative estimate of drug-likeness (QED) is 0.539. The summed E-state index contributed by atoms with van der Waals surface area (Å²) in [7, 11) is 0. The zero-order valence-corrected chi connectivity index (χ0v) is 15.7. The van der Waals surface area contributed by atoms with Gasteiger partial charge in [-0.05, 0) is 0 Å². The van der Waals surface area contributed by atoms with Gasteiger partial charge in [-0.25, -0.2) is 0 Å². The van der Waals surface area contributed by atoms with Crippen molar-refractivity contribution in [2.24, 2.45) is 5.41 Å². The molecule has 100 valence electrons. The SMILES string of the molecule is BrC(Br)C1(C(Br)Br)COC(c2ccccc2)OC1. The van der Waals surface area contributed by atoms with E-state index in [4.69, 9.17) is 9.47 Å². The summed E-state index contributed by atoms with van der Waals surface area (Å²) >= 11 is 14.3. The first-order valence-corrected chi connectivity index (χ1v) is 9.07. The maximum Gasteiger partial charge on any atom is 0.183 e. The van der Waals surface area contributed by atoms with E-state index in [2.05, 4.69) is 63.7 Å². The van der Waals surface area contributed by atoms with Gasteiger partial charge in [0, 0.05) is 5.56 Å². The molecule has 1 aliphatic heterocycles. The van der Waals surface area contributed by atoms with Gasteiger partial charge >= 0.3 is 0 Å². The number of rotatable bonds is 3. The topological polar surface area (TPSA) is 18.5 Å². The Hall–Kier alpha value is 1.06. The Kier molecular flexibility index (Phi) is 5.73. The lowest BCUT2D eigenvalue weighted by molar-refractivity contribution is -0.226. The lowest BCUT2D eigenvalue weighted by Gasteiger charge is -2.42. The number of benzene rings is 1. The van der Waals surface area contributed by atoms with Gasteiger partial charge in [-0.15, -0.1) is 0 Å². The highest BCUT2D eigenvalue weighted by Gasteiger charge is 2.46. The van der Waals surface area contributed by atoms with Crippen LogP contribution in [0.2, 0.25) is 0 Å². The van der Waals surface area contributed by atoms with Crippen LogP contribution in [0, 0.1) is 5.41 Å². The molecule has 2 nitrogen and oxygen atoms in total. The van der Waals surface area contributed by atoms with E-state index in [0.29, 0.717) is 13.2 Å². The van der Waals surface area contributed by atoms with Crippen molar-refractivity contribution < 1.29 is 9.47 Å². The second-order valence-corrected chi connectivity index (χ2v) is 10.3. The molecular formula is C12H12Br4O2. The molecule has 1 aromatic carbocycles. The van der Waals surface area contributed by atoms with Crippen LogP contribution in [0.25, 0.3) is 0 Å². The van der Waals surface area contributed by atoms with Gasteiger partial charge in [-0.2, -0.15) is 0 Å². The first-order valence-electron chi connectivity index (χ1n) is 5.41. The van der Waals surface area contributed by atoms with Crippen LogP contribution in [0.15, 0.2) is 30.3 Å². The highest BCUT2D eigenvalue weighted by molar-refractivity contribution is 9.25. The molecule has 0 unspecified atom stereocenters. The van der Waals surface area contributed by atoms with E-state index in [0.717, 1.165) is 5.56 Å². The largest absolute Gasteiger partial charge is 0.348 e. The van der Waals surface area contributed by atoms with Crippen molar-refractivity contribution in [3.63, 3.8) is 0 Å². The number of hydrogen-bond donors (Lipinski definition) is 0. The lowest BCUT2D eigenvalue weighted by atomic mass is 9.95. The fraction of sp³-hybridized carbons (Fsp3) is 0.500. The molecule has 18 heavy (non-hydrogen) atoms. The minimum absolute atomic E-state index is 0.0953. The summed E-state index contributed by atoms with van der Waals surface area (Å²) in [5, 5.41) is 0. The van der Waals surface area contributed by atoms with Crippen LogP contribution in [0.1, 0.15) is 11.9 Å². The maximum absolute atomic E-state index is 5.86. The normalized spacial score (nSPS) is 20.6. The van der Waals surface area contributed by atoms with Crippen molar-refractivity contribution in [1.29, 1.82) is 0 Å². The molecule has 1 saturated heterocycles. The van der Waals surface area contributed by atoms with Gasteiger partial charge in [-0.1, -0.05) is 94.1 Å². The molecule has 0 aliphatic carbocycles. The Bertz CT molecular complexity index is 365. The predicted molar refractivity (Wildman–Crippen MR) is 86.8 cm³/mol. The monoisotopic (exact) mass is 504 g/mol. The summed E-state index contributed by atoms with van der Waals surface area (Å²) < 4.78 is 11.9. The van der Waals surface area contributed by atoms with Gasteiger partial charge in [0.25, 0.3) is 0 Å². The van der Waals surface area contributed by atoms with Crippen LogP contribution >= 0.6 is 63.7 Å². The van der Waals surface area contributed by atoms with Gasteiger partial charge in [-0.3, -0.25) is 0 Å². The molecule has 1 heterocycles. The third kappa shape index (κ3) is 3.20. The fourth-order valence-electron chi connectivity index (χ4n) is 1.70. The van der Waals surface area contributed by atoms with Crippen LogP contribution in [0.3, 0.4) is 0 Å². The molecule has 0 amide bonds. The smallest absolute Gasteiger partial charge is 0.183 e. The predicted octanol–water partition coefficient (Wildman–Crippen LogP) is 4.95. The van der Waals surface area contributed by atoms with E-state index in [9.17, 15) is 0 Å². The Balaban J connectivity index is 2.07. The van der Waals surface area contributed by atoms with Crippen molar-refractivity contribution in [2.45, 2.75) is 13.8 Å². The number of alkyl halides is 4. The molecule has 0 radical (unpaired) electrons. The molecule has 6 heteroatoms. The zero-order chi connectivity index (χ0) is 13.2. The molecule has 0 atom stereocenters. The fourth-order valence-corrected chi connectivity index (χ4v) is 5.23. The lowest BCUT2D eigenvalue weighted by Crippen LogP contribution is -2.47. The van der Waals surface area contributed by atoms with E-state index in [1.54, 1.807) is 0 Å². The van der Waals surface area contributed by atoms with E-state index >= 15 is 0 Å². The summed E-state index contributed by atoms with van der Waals surface area (Å²) in [5.41, 5.74) is 0.859. The minimum atomic E-state index is -0.281. The molecular weight excluding hydrogens is 496 g/mol. The molecule has 0 spiro atoms. The standard InChI is InChI=1S/C12H12Br4O2/c13-10(14)12(11(15)16)6-17-9(18-7-12)8-4-2-1-3-5-8/h1-5,9-11H,6-7H2. The molecule has 1 aliphatic rings. The van der Waals surface area contributed by atoms with Crippen molar-refractivity contribution in [3.05, 3.63) is 35.9 Å². The van der Waals surface area contributed by atoms with Crippen LogP contribution in [-0.4, -0.2) is 20.7 Å². The summed E-state index contributed by atoms with van der Waals surface area (Å²) in [6.45, 7) is 1.18. The van der Waals surface area contributed by atoms with E-state index in [-0.39, 0.29) is 19.2 Å². The van der Waals surface area contributed by atoms with Gasteiger partial charge < -0.3 is 9.47 Å². The molecule has 0 aromatic heterocycles. The van der Waals surface area contributed by atoms with Crippen LogP contribution in [0.5, 0.6) is 0 Å². The second-order valence-electron chi connectivity index (χ2n) is 4.20. The van der Waals surface area contributed by atoms with Gasteiger partial charge in [0.1, 0.15) is 0 Å². The highest BCUT2D eigenvalue weighted by Crippen LogP contribution is 2.46. The zero-order valence-electron chi connectivity index (χ0n) is 9.36. The van der Waals surface area contributed by atoms with Crippen LogP contribution in [-0.2, 0) is 9.47 Å². The van der Waals surface area contributed by atoms with Gasteiger partial charge in [0.05, 0.1) is 26.1 Å². The average Bonchev–Trinajstić information content (AvgIpc) is 2.39. The number of hydrogen-bond acceptors (Lipinski definition) is 2. The van der Waals surface area contributed by atoms with Crippen LogP contribution in [0.4, 0.5) is 0 Å². The molecule has 0 N–H and O–H groups in total. The Morgan fingerprint density at radius 2 is 1.44 bits per heavy atom. The van der Waals surface area contributed by atoms with Crippen molar-refractivity contribution in [2.75, 3.05) is 13.2 Å². The first-order chi connectivity index (χ1) is 8.56. The second kappa shape index (κ2) is 6.68. The number of halogens is 4. The summed E-state index contributed by atoms with van der Waals surface area (Å²) in [4.78, 5) is 0. The Morgan fingerprint density at radius 1 is 0.944 bits per heavy atom. The summed E-state index contributed by atoms with van der Waals surface area (Å²) in [5.74, 6) is 0. The maximum atomic E-state index is 5.86. The molecule has 1 fully saturated rings. The Morgan fingerprint density at radius 3 is 1.89 bits per heavy atom. The Labute approximate surface area is 140 Å². The van der Waals surface area contributed by atoms with E-state index in [1.807, 2.05) is 30.3 Å². The molecule has 0 bridgehead atoms. The van der Waals surface area contributed by atoms with Crippen molar-refractivity contribution in [3.8, 4) is 0 Å². The number of ether oxygens (including phenoxy) is 2. The third-order valence-electron chi connectivity index (χ3n) is 2.95. The van der Waals surface area contributed by atoms with Crippen molar-refractivity contribution >= 4 is 63.7 Å². The molecule has 2 rings (SSSR count).